The summed E-state index contributed by atoms with van der Waals surface area (Å²) in [6, 6.07) is 17.2. The van der Waals surface area contributed by atoms with Crippen LogP contribution in [-0.4, -0.2) is 49.1 Å². The van der Waals surface area contributed by atoms with Crippen LogP contribution in [0.5, 0.6) is 0 Å². The van der Waals surface area contributed by atoms with Crippen LogP contribution in [0.25, 0.3) is 0 Å². The molecule has 0 radical (unpaired) electrons. The summed E-state index contributed by atoms with van der Waals surface area (Å²) in [4.78, 5) is 18.7. The molecule has 2 aromatic carbocycles. The second kappa shape index (κ2) is 8.01. The van der Waals surface area contributed by atoms with Crippen molar-refractivity contribution in [1.82, 2.24) is 9.62 Å². The minimum atomic E-state index is -3.53. The Kier molecular flexibility index (Phi) is 5.29. The number of hydrogen-bond acceptors (Lipinski definition) is 5. The van der Waals surface area contributed by atoms with E-state index < -0.39 is 15.6 Å². The van der Waals surface area contributed by atoms with Gasteiger partial charge >= 0.3 is 0 Å². The maximum atomic E-state index is 12.9. The number of rotatable bonds is 5. The number of oxime groups is 1. The van der Waals surface area contributed by atoms with Gasteiger partial charge in [-0.1, -0.05) is 53.2 Å². The Labute approximate surface area is 188 Å². The quantitative estimate of drug-likeness (QED) is 0.754. The highest BCUT2D eigenvalue weighted by Gasteiger charge is 2.47. The van der Waals surface area contributed by atoms with Crippen molar-refractivity contribution in [2.75, 3.05) is 13.1 Å². The molecule has 2 atom stereocenters. The molecule has 0 aromatic heterocycles. The predicted molar refractivity (Wildman–Crippen MR) is 121 cm³/mol. The first-order chi connectivity index (χ1) is 15.4. The molecule has 5 rings (SSSR count). The zero-order valence-electron chi connectivity index (χ0n) is 18.0. The zero-order chi connectivity index (χ0) is 22.3. The van der Waals surface area contributed by atoms with Gasteiger partial charge in [-0.15, -0.1) is 0 Å². The number of nitrogens with zero attached hydrogens (tertiary/aromatic N) is 2. The Morgan fingerprint density at radius 3 is 2.47 bits per heavy atom. The normalized spacial score (nSPS) is 24.6. The second-order valence-electron chi connectivity index (χ2n) is 9.04. The molecule has 1 saturated carbocycles. The first-order valence-electron chi connectivity index (χ1n) is 11.0. The van der Waals surface area contributed by atoms with Gasteiger partial charge < -0.3 is 10.2 Å². The number of carbonyl (C=O) groups excluding carboxylic acids is 1. The van der Waals surface area contributed by atoms with Crippen LogP contribution in [0.2, 0.25) is 0 Å². The number of amides is 1. The van der Waals surface area contributed by atoms with E-state index in [0.717, 1.165) is 12.0 Å². The average Bonchev–Trinajstić information content (AvgIpc) is 3.45. The topological polar surface area (TPSA) is 88.1 Å². The van der Waals surface area contributed by atoms with Gasteiger partial charge in [-0.25, -0.2) is 8.42 Å². The van der Waals surface area contributed by atoms with Crippen molar-refractivity contribution < 1.29 is 18.0 Å². The first kappa shape index (κ1) is 21.2. The minimum absolute atomic E-state index is 0.130. The smallest absolute Gasteiger partial charge is 0.269 e. The van der Waals surface area contributed by atoms with E-state index in [1.807, 2.05) is 25.1 Å². The molecule has 1 amide bonds. The third kappa shape index (κ3) is 4.04. The Morgan fingerprint density at radius 1 is 1.09 bits per heavy atom. The highest BCUT2D eigenvalue weighted by molar-refractivity contribution is 7.89. The van der Waals surface area contributed by atoms with Gasteiger partial charge in [0.15, 0.2) is 0 Å². The molecule has 2 aromatic rings. The number of piperidine rings is 1. The molecule has 1 N–H and O–H groups in total. The van der Waals surface area contributed by atoms with E-state index in [2.05, 4.69) is 22.6 Å². The number of hydrogen-bond donors (Lipinski definition) is 1. The van der Waals surface area contributed by atoms with Crippen molar-refractivity contribution in [3.63, 3.8) is 0 Å². The third-order valence-electron chi connectivity index (χ3n) is 6.73. The average molecular weight is 454 g/mol. The number of carbonyl (C=O) groups is 1. The minimum Gasteiger partial charge on any atom is -0.388 e. The van der Waals surface area contributed by atoms with Gasteiger partial charge in [0.05, 0.1) is 4.90 Å². The van der Waals surface area contributed by atoms with Crippen LogP contribution in [0, 0.1) is 6.92 Å². The van der Waals surface area contributed by atoms with E-state index in [9.17, 15) is 13.2 Å². The maximum absolute atomic E-state index is 12.9. The summed E-state index contributed by atoms with van der Waals surface area (Å²) in [6.45, 7) is 2.62. The summed E-state index contributed by atoms with van der Waals surface area (Å²) in [5.41, 5.74) is 2.07. The SMILES string of the molecule is Cc1ccc(S(=O)(=O)N2CCC3(CC2)CC(C(=O)NC2CC2c2ccccc2)=NO3)cc1. The van der Waals surface area contributed by atoms with Crippen molar-refractivity contribution in [2.24, 2.45) is 5.16 Å². The maximum Gasteiger partial charge on any atom is 0.269 e. The fraction of sp³-hybridized carbons (Fsp3) is 0.417. The molecule has 32 heavy (non-hydrogen) atoms. The molecule has 1 spiro atoms. The van der Waals surface area contributed by atoms with Crippen LogP contribution in [0.3, 0.4) is 0 Å². The number of nitrogens with one attached hydrogen (secondary N) is 1. The second-order valence-corrected chi connectivity index (χ2v) is 11.0. The first-order valence-corrected chi connectivity index (χ1v) is 12.5. The summed E-state index contributed by atoms with van der Waals surface area (Å²) in [5, 5.41) is 7.15. The largest absolute Gasteiger partial charge is 0.388 e. The van der Waals surface area contributed by atoms with E-state index >= 15 is 0 Å². The van der Waals surface area contributed by atoms with Gasteiger partial charge in [-0.05, 0) is 31.0 Å². The van der Waals surface area contributed by atoms with Crippen LogP contribution in [-0.2, 0) is 19.7 Å². The molecular formula is C24H27N3O4S. The number of sulfonamides is 1. The lowest BCUT2D eigenvalue weighted by Gasteiger charge is -2.36. The van der Waals surface area contributed by atoms with E-state index in [1.54, 1.807) is 24.3 Å². The van der Waals surface area contributed by atoms with Crippen LogP contribution < -0.4 is 5.32 Å². The molecule has 2 unspecified atom stereocenters. The van der Waals surface area contributed by atoms with Crippen molar-refractivity contribution in [2.45, 2.75) is 55.1 Å². The summed E-state index contributed by atoms with van der Waals surface area (Å²) in [7, 11) is -3.53. The summed E-state index contributed by atoms with van der Waals surface area (Å²) >= 11 is 0. The Morgan fingerprint density at radius 2 is 1.78 bits per heavy atom. The van der Waals surface area contributed by atoms with E-state index in [4.69, 9.17) is 4.84 Å². The Balaban J connectivity index is 1.15. The molecule has 0 bridgehead atoms. The van der Waals surface area contributed by atoms with Gasteiger partial charge in [0, 0.05) is 44.3 Å². The molecule has 1 saturated heterocycles. The van der Waals surface area contributed by atoms with E-state index in [1.165, 1.54) is 9.87 Å². The summed E-state index contributed by atoms with van der Waals surface area (Å²) in [6.07, 6.45) is 2.36. The molecule has 7 nitrogen and oxygen atoms in total. The van der Waals surface area contributed by atoms with Crippen LogP contribution in [0.15, 0.2) is 64.6 Å². The summed E-state index contributed by atoms with van der Waals surface area (Å²) < 4.78 is 27.4. The predicted octanol–water partition coefficient (Wildman–Crippen LogP) is 2.97. The molecule has 1 aliphatic carbocycles. The van der Waals surface area contributed by atoms with Gasteiger partial charge in [0.25, 0.3) is 5.91 Å². The lowest BCUT2D eigenvalue weighted by atomic mass is 9.87. The van der Waals surface area contributed by atoms with Crippen LogP contribution in [0.4, 0.5) is 0 Å². The fourth-order valence-corrected chi connectivity index (χ4v) is 6.02. The van der Waals surface area contributed by atoms with Gasteiger partial charge in [0.1, 0.15) is 11.3 Å². The Bertz CT molecular complexity index is 1140. The summed E-state index contributed by atoms with van der Waals surface area (Å²) in [5.74, 6) is 0.173. The molecule has 168 valence electrons. The fourth-order valence-electron chi connectivity index (χ4n) is 4.58. The van der Waals surface area contributed by atoms with Crippen molar-refractivity contribution >= 4 is 21.6 Å². The lowest BCUT2D eigenvalue weighted by molar-refractivity contribution is -0.115. The highest BCUT2D eigenvalue weighted by atomic mass is 32.2. The molecule has 3 aliphatic rings. The molecule has 2 fully saturated rings. The third-order valence-corrected chi connectivity index (χ3v) is 8.64. The van der Waals surface area contributed by atoms with E-state index in [-0.39, 0.29) is 11.9 Å². The number of benzene rings is 2. The Hall–Kier alpha value is -2.71. The van der Waals surface area contributed by atoms with Crippen molar-refractivity contribution in [3.05, 3.63) is 65.7 Å². The lowest BCUT2D eigenvalue weighted by Crippen LogP contribution is -2.47. The van der Waals surface area contributed by atoms with Crippen molar-refractivity contribution in [3.8, 4) is 0 Å². The van der Waals surface area contributed by atoms with Gasteiger partial charge in [-0.3, -0.25) is 4.79 Å². The monoisotopic (exact) mass is 453 g/mol. The highest BCUT2D eigenvalue weighted by Crippen LogP contribution is 2.41. The van der Waals surface area contributed by atoms with Gasteiger partial charge in [0.2, 0.25) is 10.0 Å². The molecule has 8 heteroatoms. The standard InChI is InChI=1S/C24H27N3O4S/c1-17-7-9-19(10-8-17)32(29,30)27-13-11-24(12-14-27)16-22(26-31-24)23(28)25-21-15-20(21)18-5-3-2-4-6-18/h2-10,20-21H,11-16H2,1H3,(H,25,28). The molecule has 2 aliphatic heterocycles. The molecule has 2 heterocycles. The van der Waals surface area contributed by atoms with E-state index in [0.29, 0.717) is 48.9 Å². The van der Waals surface area contributed by atoms with Crippen LogP contribution in [0.1, 0.15) is 42.7 Å². The van der Waals surface area contributed by atoms with Gasteiger partial charge in [-0.2, -0.15) is 4.31 Å². The molecular weight excluding hydrogens is 426 g/mol. The number of aryl methyl sites for hydroxylation is 1. The van der Waals surface area contributed by atoms with Crippen LogP contribution >= 0.6 is 0 Å². The zero-order valence-corrected chi connectivity index (χ0v) is 18.8. The van der Waals surface area contributed by atoms with Crippen molar-refractivity contribution in [1.29, 1.82) is 0 Å².